The van der Waals surface area contributed by atoms with Crippen LogP contribution in [-0.4, -0.2) is 46.7 Å². The first kappa shape index (κ1) is 31.1. The van der Waals surface area contributed by atoms with Gasteiger partial charge in [0.25, 0.3) is 5.91 Å². The second kappa shape index (κ2) is 14.9. The lowest BCUT2D eigenvalue weighted by Crippen LogP contribution is -2.59. The number of nitrogens with two attached hydrogens (primary N) is 1. The number of benzene rings is 1. The molecule has 0 radical (unpaired) electrons. The predicted molar refractivity (Wildman–Crippen MR) is 160 cm³/mol. The quantitative estimate of drug-likeness (QED) is 0.0915. The van der Waals surface area contributed by atoms with Crippen LogP contribution in [0.5, 0.6) is 0 Å². The minimum Gasteiger partial charge on any atom is -0.861 e. The first-order valence-corrected chi connectivity index (χ1v) is 14.6. The molecular weight excluding hydrogens is 546 g/mol. The van der Waals surface area contributed by atoms with Gasteiger partial charge in [-0.05, 0) is 60.6 Å². The number of nitrogens with one attached hydrogen (secondary N) is 4. The summed E-state index contributed by atoms with van der Waals surface area (Å²) in [4.78, 5) is 44.7. The topological polar surface area (TPSA) is 177 Å². The van der Waals surface area contributed by atoms with Gasteiger partial charge < -0.3 is 32.2 Å². The zero-order valence-electron chi connectivity index (χ0n) is 24.3. The predicted octanol–water partition coefficient (Wildman–Crippen LogP) is 0.960. The smallest absolute Gasteiger partial charge is 0.270 e. The summed E-state index contributed by atoms with van der Waals surface area (Å²) in [5.41, 5.74) is 8.11. The van der Waals surface area contributed by atoms with E-state index in [9.17, 15) is 19.5 Å². The van der Waals surface area contributed by atoms with Crippen molar-refractivity contribution in [1.82, 2.24) is 20.9 Å². The standard InChI is InChI=1S/C32H39N7O4/c1-39-17-7-8-22(20-39)19-26(29(34)40)36-32(43)28(23-9-3-2-4-10-23)38-31(42)27(18-21-12-14-24(33)15-13-21)37-30(41)25-11-5-6-16-35-25/h5-8,11-17,20,23,26-28H,2-4,9-10,18-19,33H2,1H3,(H4-,34,36,37,38,40,41,42,43)/t26-,27-,28-/m0/s1. The minimum absolute atomic E-state index is 0.147. The van der Waals surface area contributed by atoms with Crippen molar-refractivity contribution in [1.29, 1.82) is 5.41 Å². The zero-order valence-corrected chi connectivity index (χ0v) is 24.3. The van der Waals surface area contributed by atoms with Gasteiger partial charge in [-0.15, -0.1) is 0 Å². The van der Waals surface area contributed by atoms with Crippen molar-refractivity contribution in [2.75, 3.05) is 5.73 Å². The van der Waals surface area contributed by atoms with Gasteiger partial charge in [0.1, 0.15) is 24.8 Å². The highest BCUT2D eigenvalue weighted by molar-refractivity contribution is 5.97. The maximum absolute atomic E-state index is 13.8. The van der Waals surface area contributed by atoms with Crippen molar-refractivity contribution in [3.05, 3.63) is 90.0 Å². The number of carbonyl (C=O) groups excluding carboxylic acids is 3. The summed E-state index contributed by atoms with van der Waals surface area (Å²) in [5, 5.41) is 28.5. The second-order valence-corrected chi connectivity index (χ2v) is 11.1. The van der Waals surface area contributed by atoms with Crippen LogP contribution in [0.4, 0.5) is 5.69 Å². The zero-order chi connectivity index (χ0) is 30.8. The number of carbonyl (C=O) groups is 3. The Balaban J connectivity index is 1.55. The van der Waals surface area contributed by atoms with Gasteiger partial charge in [-0.1, -0.05) is 37.5 Å². The molecule has 3 amide bonds. The van der Waals surface area contributed by atoms with Crippen molar-refractivity contribution in [3.8, 4) is 0 Å². The Labute approximate surface area is 251 Å². The maximum atomic E-state index is 13.8. The van der Waals surface area contributed by atoms with Gasteiger partial charge >= 0.3 is 0 Å². The monoisotopic (exact) mass is 585 g/mol. The molecule has 43 heavy (non-hydrogen) atoms. The lowest BCUT2D eigenvalue weighted by Gasteiger charge is -2.33. The molecule has 1 aliphatic rings. The second-order valence-electron chi connectivity index (χ2n) is 11.1. The normalized spacial score (nSPS) is 15.5. The molecule has 0 unspecified atom stereocenters. The van der Waals surface area contributed by atoms with E-state index >= 15 is 0 Å². The van der Waals surface area contributed by atoms with Gasteiger partial charge in [-0.25, -0.2) is 4.57 Å². The number of rotatable bonds is 12. The first-order chi connectivity index (χ1) is 20.7. The summed E-state index contributed by atoms with van der Waals surface area (Å²) in [5.74, 6) is -2.65. The van der Waals surface area contributed by atoms with Gasteiger partial charge in [0.05, 0.1) is 6.04 Å². The summed E-state index contributed by atoms with van der Waals surface area (Å²) < 4.78 is 1.83. The Bertz CT molecular complexity index is 1410. The van der Waals surface area contributed by atoms with Crippen LogP contribution in [0.2, 0.25) is 0 Å². The third kappa shape index (κ3) is 9.09. The molecule has 6 N–H and O–H groups in total. The van der Waals surface area contributed by atoms with E-state index < -0.39 is 41.7 Å². The summed E-state index contributed by atoms with van der Waals surface area (Å²) >= 11 is 0. The SMILES string of the molecule is C[n+]1cccc(C[C@H](NC(=O)[C@@H](NC(=O)[C@H](Cc2ccc(N)cc2)NC(=O)c2ccccn2)C2CCCCC2)C(=N)[O-])c1. The molecule has 0 bridgehead atoms. The van der Waals surface area contributed by atoms with Crippen LogP contribution in [0.3, 0.4) is 0 Å². The van der Waals surface area contributed by atoms with Crippen molar-refractivity contribution < 1.29 is 24.1 Å². The molecule has 0 saturated heterocycles. The molecular formula is C32H39N7O4. The van der Waals surface area contributed by atoms with Crippen molar-refractivity contribution in [2.24, 2.45) is 13.0 Å². The van der Waals surface area contributed by atoms with Crippen molar-refractivity contribution in [2.45, 2.75) is 63.1 Å². The highest BCUT2D eigenvalue weighted by Crippen LogP contribution is 2.27. The molecule has 11 nitrogen and oxygen atoms in total. The third-order valence-electron chi connectivity index (χ3n) is 7.71. The number of amides is 3. The molecule has 3 aromatic rings. The van der Waals surface area contributed by atoms with Crippen LogP contribution in [0.25, 0.3) is 0 Å². The number of aromatic nitrogens is 2. The van der Waals surface area contributed by atoms with Gasteiger partial charge in [-0.3, -0.25) is 19.4 Å². The van der Waals surface area contributed by atoms with E-state index in [0.717, 1.165) is 43.2 Å². The van der Waals surface area contributed by atoms with Crippen LogP contribution in [0, 0.1) is 11.3 Å². The Morgan fingerprint density at radius 2 is 1.65 bits per heavy atom. The molecule has 1 saturated carbocycles. The van der Waals surface area contributed by atoms with Crippen LogP contribution in [0.1, 0.15) is 53.7 Å². The number of anilines is 1. The summed E-state index contributed by atoms with van der Waals surface area (Å²) in [7, 11) is 1.85. The lowest BCUT2D eigenvalue weighted by atomic mass is 9.83. The number of nitrogen functional groups attached to an aromatic ring is 1. The lowest BCUT2D eigenvalue weighted by molar-refractivity contribution is -0.671. The van der Waals surface area contributed by atoms with Gasteiger partial charge in [0.15, 0.2) is 12.4 Å². The van der Waals surface area contributed by atoms with Crippen LogP contribution in [-0.2, 0) is 29.5 Å². The number of hydrogen-bond donors (Lipinski definition) is 5. The van der Waals surface area contributed by atoms with Gasteiger partial charge in [-0.2, -0.15) is 0 Å². The number of hydrogen-bond acceptors (Lipinski definition) is 7. The Morgan fingerprint density at radius 1 is 0.930 bits per heavy atom. The van der Waals surface area contributed by atoms with Crippen LogP contribution >= 0.6 is 0 Å². The Hall–Kier alpha value is -4.80. The molecule has 0 aliphatic heterocycles. The number of pyridine rings is 2. The Kier molecular flexibility index (Phi) is 10.8. The fourth-order valence-electron chi connectivity index (χ4n) is 5.42. The minimum atomic E-state index is -1.08. The molecule has 11 heteroatoms. The number of nitrogens with zero attached hydrogens (tertiary/aromatic N) is 2. The molecule has 2 heterocycles. The summed E-state index contributed by atoms with van der Waals surface area (Å²) in [6.45, 7) is 0. The molecule has 3 atom stereocenters. The van der Waals surface area contributed by atoms with E-state index in [1.54, 1.807) is 42.5 Å². The van der Waals surface area contributed by atoms with E-state index in [1.807, 2.05) is 36.1 Å². The maximum Gasteiger partial charge on any atom is 0.270 e. The van der Waals surface area contributed by atoms with Gasteiger partial charge in [0.2, 0.25) is 11.8 Å². The van der Waals surface area contributed by atoms with Crippen LogP contribution < -0.4 is 31.4 Å². The highest BCUT2D eigenvalue weighted by Gasteiger charge is 2.34. The molecule has 1 fully saturated rings. The summed E-state index contributed by atoms with van der Waals surface area (Å²) in [6, 6.07) is 12.5. The van der Waals surface area contributed by atoms with E-state index in [1.165, 1.54) is 6.20 Å². The van der Waals surface area contributed by atoms with Crippen LogP contribution in [0.15, 0.2) is 73.2 Å². The molecule has 4 rings (SSSR count). The Morgan fingerprint density at radius 3 is 2.30 bits per heavy atom. The van der Waals surface area contributed by atoms with E-state index in [4.69, 9.17) is 11.1 Å². The first-order valence-electron chi connectivity index (χ1n) is 14.6. The average molecular weight is 586 g/mol. The fourth-order valence-corrected chi connectivity index (χ4v) is 5.42. The molecule has 1 aromatic carbocycles. The van der Waals surface area contributed by atoms with E-state index in [-0.39, 0.29) is 24.5 Å². The largest absolute Gasteiger partial charge is 0.861 e. The highest BCUT2D eigenvalue weighted by atomic mass is 16.3. The number of aryl methyl sites for hydroxylation is 1. The van der Waals surface area contributed by atoms with Crippen molar-refractivity contribution >= 4 is 29.3 Å². The van der Waals surface area contributed by atoms with E-state index in [2.05, 4.69) is 20.9 Å². The molecule has 226 valence electrons. The fraction of sp³-hybridized carbons (Fsp3) is 0.375. The average Bonchev–Trinajstić information content (AvgIpc) is 3.01. The molecule has 1 aliphatic carbocycles. The molecule has 0 spiro atoms. The van der Waals surface area contributed by atoms with Crippen molar-refractivity contribution in [3.63, 3.8) is 0 Å². The third-order valence-corrected chi connectivity index (χ3v) is 7.71. The van der Waals surface area contributed by atoms with Gasteiger partial charge in [0, 0.05) is 36.4 Å². The summed E-state index contributed by atoms with van der Waals surface area (Å²) in [6.07, 6.45) is 9.80. The van der Waals surface area contributed by atoms with E-state index in [0.29, 0.717) is 5.69 Å². The molecule has 2 aromatic heterocycles.